The Morgan fingerprint density at radius 2 is 2.17 bits per heavy atom. The Hall–Kier alpha value is -2.11. The summed E-state index contributed by atoms with van der Waals surface area (Å²) in [6, 6.07) is 1.98. The SMILES string of the molecule is C[C@@H](Cn1ccnc1)NC(=O)c1cc(C2CC2)nn1C(C)(C)C. The van der Waals surface area contributed by atoms with Crippen LogP contribution in [-0.2, 0) is 12.1 Å². The Bertz CT molecular complexity index is 676. The van der Waals surface area contributed by atoms with Crippen LogP contribution in [0.25, 0.3) is 0 Å². The molecule has 0 spiro atoms. The average Bonchev–Trinajstić information content (AvgIpc) is 2.99. The van der Waals surface area contributed by atoms with Crippen LogP contribution in [0.2, 0.25) is 0 Å². The summed E-state index contributed by atoms with van der Waals surface area (Å²) in [5, 5.41) is 7.76. The molecule has 6 heteroatoms. The molecule has 124 valence electrons. The van der Waals surface area contributed by atoms with Crippen molar-refractivity contribution in [3.63, 3.8) is 0 Å². The van der Waals surface area contributed by atoms with Crippen molar-refractivity contribution in [2.75, 3.05) is 0 Å². The lowest BCUT2D eigenvalue weighted by Gasteiger charge is -2.23. The third kappa shape index (κ3) is 3.63. The summed E-state index contributed by atoms with van der Waals surface area (Å²) in [7, 11) is 0. The minimum atomic E-state index is -0.215. The van der Waals surface area contributed by atoms with Gasteiger partial charge in [0.25, 0.3) is 5.91 Å². The summed E-state index contributed by atoms with van der Waals surface area (Å²) in [5.41, 5.74) is 1.48. The highest BCUT2D eigenvalue weighted by molar-refractivity contribution is 5.93. The lowest BCUT2D eigenvalue weighted by molar-refractivity contribution is 0.0918. The number of nitrogens with one attached hydrogen (secondary N) is 1. The Kier molecular flexibility index (Phi) is 4.00. The zero-order valence-corrected chi connectivity index (χ0v) is 14.3. The van der Waals surface area contributed by atoms with Crippen LogP contribution < -0.4 is 5.32 Å². The van der Waals surface area contributed by atoms with Crippen LogP contribution in [0, 0.1) is 0 Å². The van der Waals surface area contributed by atoms with Crippen LogP contribution in [-0.4, -0.2) is 31.3 Å². The van der Waals surface area contributed by atoms with Gasteiger partial charge in [-0.15, -0.1) is 0 Å². The Morgan fingerprint density at radius 1 is 1.43 bits per heavy atom. The molecule has 1 aliphatic carbocycles. The van der Waals surface area contributed by atoms with Crippen molar-refractivity contribution in [1.29, 1.82) is 0 Å². The first-order valence-electron chi connectivity index (χ1n) is 8.21. The van der Waals surface area contributed by atoms with Gasteiger partial charge in [-0.05, 0) is 46.6 Å². The molecule has 0 unspecified atom stereocenters. The van der Waals surface area contributed by atoms with Gasteiger partial charge in [0.15, 0.2) is 0 Å². The summed E-state index contributed by atoms with van der Waals surface area (Å²) >= 11 is 0. The monoisotopic (exact) mass is 315 g/mol. The molecule has 0 bridgehead atoms. The van der Waals surface area contributed by atoms with Crippen molar-refractivity contribution in [2.45, 2.75) is 64.6 Å². The van der Waals surface area contributed by atoms with Gasteiger partial charge in [-0.25, -0.2) is 4.98 Å². The van der Waals surface area contributed by atoms with E-state index in [-0.39, 0.29) is 17.5 Å². The van der Waals surface area contributed by atoms with E-state index in [1.54, 1.807) is 12.5 Å². The van der Waals surface area contributed by atoms with Crippen LogP contribution in [0.15, 0.2) is 24.8 Å². The largest absolute Gasteiger partial charge is 0.346 e. The van der Waals surface area contributed by atoms with Gasteiger partial charge in [0.1, 0.15) is 5.69 Å². The highest BCUT2D eigenvalue weighted by Crippen LogP contribution is 2.40. The van der Waals surface area contributed by atoms with E-state index in [0.29, 0.717) is 18.2 Å². The van der Waals surface area contributed by atoms with E-state index >= 15 is 0 Å². The van der Waals surface area contributed by atoms with Crippen molar-refractivity contribution < 1.29 is 4.79 Å². The number of hydrogen-bond acceptors (Lipinski definition) is 3. The van der Waals surface area contributed by atoms with E-state index < -0.39 is 0 Å². The molecule has 0 saturated heterocycles. The summed E-state index contributed by atoms with van der Waals surface area (Å²) in [5.74, 6) is 0.473. The molecule has 2 aromatic rings. The van der Waals surface area contributed by atoms with E-state index in [1.807, 2.05) is 28.4 Å². The van der Waals surface area contributed by atoms with Crippen LogP contribution in [0.1, 0.15) is 62.6 Å². The lowest BCUT2D eigenvalue weighted by atomic mass is 10.1. The zero-order valence-electron chi connectivity index (χ0n) is 14.3. The Labute approximate surface area is 136 Å². The molecular formula is C17H25N5O. The second-order valence-electron chi connectivity index (χ2n) is 7.45. The summed E-state index contributed by atoms with van der Waals surface area (Å²) in [4.78, 5) is 16.7. The molecule has 1 atom stereocenters. The molecule has 2 aromatic heterocycles. The first-order valence-corrected chi connectivity index (χ1v) is 8.21. The molecule has 6 nitrogen and oxygen atoms in total. The van der Waals surface area contributed by atoms with Crippen molar-refractivity contribution in [3.8, 4) is 0 Å². The zero-order chi connectivity index (χ0) is 16.6. The predicted molar refractivity (Wildman–Crippen MR) is 88.4 cm³/mol. The number of carbonyl (C=O) groups is 1. The van der Waals surface area contributed by atoms with Crippen molar-refractivity contribution in [3.05, 3.63) is 36.2 Å². The molecule has 1 saturated carbocycles. The average molecular weight is 315 g/mol. The summed E-state index contributed by atoms with van der Waals surface area (Å²) in [6.45, 7) is 8.91. The van der Waals surface area contributed by atoms with Crippen LogP contribution in [0.5, 0.6) is 0 Å². The smallest absolute Gasteiger partial charge is 0.269 e. The molecule has 1 fully saturated rings. The molecule has 3 rings (SSSR count). The Morgan fingerprint density at radius 3 is 2.74 bits per heavy atom. The molecule has 23 heavy (non-hydrogen) atoms. The van der Waals surface area contributed by atoms with Gasteiger partial charge in [-0.1, -0.05) is 0 Å². The maximum absolute atomic E-state index is 12.7. The van der Waals surface area contributed by atoms with Gasteiger partial charge in [0, 0.05) is 30.9 Å². The molecular weight excluding hydrogens is 290 g/mol. The number of hydrogen-bond donors (Lipinski definition) is 1. The second-order valence-corrected chi connectivity index (χ2v) is 7.45. The fraction of sp³-hybridized carbons (Fsp3) is 0.588. The molecule has 1 amide bonds. The van der Waals surface area contributed by atoms with Gasteiger partial charge in [-0.2, -0.15) is 5.10 Å². The predicted octanol–water partition coefficient (Wildman–Crippen LogP) is 2.53. The molecule has 0 aliphatic heterocycles. The van der Waals surface area contributed by atoms with Crippen molar-refractivity contribution in [2.24, 2.45) is 0 Å². The van der Waals surface area contributed by atoms with Crippen LogP contribution in [0.3, 0.4) is 0 Å². The first kappa shape index (κ1) is 15.8. The minimum absolute atomic E-state index is 0.0180. The molecule has 2 heterocycles. The number of amides is 1. The van der Waals surface area contributed by atoms with Crippen LogP contribution >= 0.6 is 0 Å². The number of rotatable bonds is 5. The molecule has 1 N–H and O–H groups in total. The standard InChI is InChI=1S/C17H25N5O/c1-12(10-21-8-7-18-11-21)19-16(23)15-9-14(13-5-6-13)20-22(15)17(2,3)4/h7-9,11-13H,5-6,10H2,1-4H3,(H,19,23)/t12-/m0/s1. The quantitative estimate of drug-likeness (QED) is 0.922. The topological polar surface area (TPSA) is 64.7 Å². The third-order valence-electron chi connectivity index (χ3n) is 4.01. The maximum atomic E-state index is 12.7. The number of carbonyl (C=O) groups excluding carboxylic acids is 1. The van der Waals surface area contributed by atoms with Gasteiger partial charge in [-0.3, -0.25) is 9.48 Å². The fourth-order valence-electron chi connectivity index (χ4n) is 2.71. The highest BCUT2D eigenvalue weighted by Gasteiger charge is 2.31. The van der Waals surface area contributed by atoms with Gasteiger partial charge in [0.05, 0.1) is 17.6 Å². The van der Waals surface area contributed by atoms with Gasteiger partial charge >= 0.3 is 0 Å². The van der Waals surface area contributed by atoms with Gasteiger partial charge in [0.2, 0.25) is 0 Å². The van der Waals surface area contributed by atoms with Gasteiger partial charge < -0.3 is 9.88 Å². The van der Waals surface area contributed by atoms with Crippen molar-refractivity contribution in [1.82, 2.24) is 24.6 Å². The second kappa shape index (κ2) is 5.83. The number of nitrogens with zero attached hydrogens (tertiary/aromatic N) is 4. The van der Waals surface area contributed by atoms with E-state index in [0.717, 1.165) is 5.69 Å². The molecule has 0 radical (unpaired) electrons. The van der Waals surface area contributed by atoms with E-state index in [4.69, 9.17) is 0 Å². The molecule has 1 aliphatic rings. The Balaban J connectivity index is 1.75. The number of imidazole rings is 1. The normalized spacial score (nSPS) is 16.3. The van der Waals surface area contributed by atoms with E-state index in [2.05, 4.69) is 36.2 Å². The fourth-order valence-corrected chi connectivity index (χ4v) is 2.71. The lowest BCUT2D eigenvalue weighted by Crippen LogP contribution is -2.38. The minimum Gasteiger partial charge on any atom is -0.346 e. The highest BCUT2D eigenvalue weighted by atomic mass is 16.2. The van der Waals surface area contributed by atoms with E-state index in [1.165, 1.54) is 12.8 Å². The first-order chi connectivity index (χ1) is 10.8. The van der Waals surface area contributed by atoms with Crippen LogP contribution in [0.4, 0.5) is 0 Å². The summed E-state index contributed by atoms with van der Waals surface area (Å²) < 4.78 is 3.82. The molecule has 0 aromatic carbocycles. The third-order valence-corrected chi connectivity index (χ3v) is 4.01. The summed E-state index contributed by atoms with van der Waals surface area (Å²) in [6.07, 6.45) is 7.75. The maximum Gasteiger partial charge on any atom is 0.269 e. The van der Waals surface area contributed by atoms with Crippen molar-refractivity contribution >= 4 is 5.91 Å². The number of aromatic nitrogens is 4. The van der Waals surface area contributed by atoms with E-state index in [9.17, 15) is 4.79 Å².